The maximum atomic E-state index is 13.8. The minimum absolute atomic E-state index is 0.0291. The Labute approximate surface area is 253 Å². The highest BCUT2D eigenvalue weighted by Crippen LogP contribution is 2.38. The molecule has 43 heavy (non-hydrogen) atoms. The molecule has 4 aromatic rings. The van der Waals surface area contributed by atoms with E-state index in [9.17, 15) is 22.8 Å². The lowest BCUT2D eigenvalue weighted by Gasteiger charge is -2.26. The van der Waals surface area contributed by atoms with Crippen LogP contribution in [0.15, 0.2) is 65.6 Å². The lowest BCUT2D eigenvalue weighted by atomic mass is 10.0. The van der Waals surface area contributed by atoms with Gasteiger partial charge in [0, 0.05) is 29.7 Å². The van der Waals surface area contributed by atoms with Crippen LogP contribution >= 0.6 is 11.3 Å². The van der Waals surface area contributed by atoms with Crippen LogP contribution in [0, 0.1) is 13.8 Å². The summed E-state index contributed by atoms with van der Waals surface area (Å²) in [6.07, 6.45) is -0.0333. The van der Waals surface area contributed by atoms with Crippen LogP contribution in [0.3, 0.4) is 0 Å². The van der Waals surface area contributed by atoms with Crippen LogP contribution in [0.2, 0.25) is 0 Å². The largest absolute Gasteiger partial charge is 0.450 e. The summed E-state index contributed by atoms with van der Waals surface area (Å²) >= 11 is 1.22. The van der Waals surface area contributed by atoms with Crippen LogP contribution in [0.1, 0.15) is 49.5 Å². The summed E-state index contributed by atoms with van der Waals surface area (Å²) in [6, 6.07) is 16.1. The highest BCUT2D eigenvalue weighted by molar-refractivity contribution is 7.92. The molecule has 0 bridgehead atoms. The van der Waals surface area contributed by atoms with E-state index in [1.807, 2.05) is 0 Å². The molecule has 2 aromatic carbocycles. The fourth-order valence-electron chi connectivity index (χ4n) is 4.92. The maximum Gasteiger partial charge on any atom is 0.410 e. The molecule has 1 aliphatic rings. The molecule has 0 saturated carbocycles. The van der Waals surface area contributed by atoms with Crippen molar-refractivity contribution in [1.29, 1.82) is 0 Å². The summed E-state index contributed by atoms with van der Waals surface area (Å²) < 4.78 is 34.0. The van der Waals surface area contributed by atoms with Crippen molar-refractivity contribution in [3.05, 3.63) is 93.6 Å². The Morgan fingerprint density at radius 2 is 1.77 bits per heavy atom. The topological polar surface area (TPSA) is 131 Å². The molecule has 5 rings (SSSR count). The van der Waals surface area contributed by atoms with Crippen molar-refractivity contribution in [2.45, 2.75) is 38.6 Å². The van der Waals surface area contributed by atoms with Crippen molar-refractivity contribution in [2.24, 2.45) is 0 Å². The van der Waals surface area contributed by atoms with Gasteiger partial charge in [0.05, 0.1) is 35.0 Å². The van der Waals surface area contributed by atoms with E-state index in [1.165, 1.54) is 51.6 Å². The van der Waals surface area contributed by atoms with Crippen molar-refractivity contribution >= 4 is 50.0 Å². The molecule has 0 spiro atoms. The van der Waals surface area contributed by atoms with E-state index in [0.29, 0.717) is 40.6 Å². The quantitative estimate of drug-likeness (QED) is 0.312. The molecular weight excluding hydrogens is 590 g/mol. The standard InChI is InChI=1S/C30H31N5O6S2/c1-5-41-30(38)34-16-15-24-25(18-34)42-28(26(24)29(37)35-20(3)17-19(2)32-35)31-27(36)21-11-13-23(14-12-21)43(39,40)33(4)22-9-7-6-8-10-22/h6-14,17H,5,15-16,18H2,1-4H3,(H,31,36). The number of anilines is 2. The third kappa shape index (κ3) is 5.90. The zero-order valence-corrected chi connectivity index (χ0v) is 25.8. The van der Waals surface area contributed by atoms with Gasteiger partial charge in [0.25, 0.3) is 21.8 Å². The summed E-state index contributed by atoms with van der Waals surface area (Å²) in [5.74, 6) is -0.892. The van der Waals surface area contributed by atoms with Crippen LogP contribution in [0.25, 0.3) is 0 Å². The zero-order chi connectivity index (χ0) is 30.9. The molecule has 0 unspecified atom stereocenters. The number of carbonyl (C=O) groups is 3. The number of hydrogen-bond acceptors (Lipinski definition) is 8. The van der Waals surface area contributed by atoms with Crippen LogP contribution in [-0.4, -0.2) is 61.2 Å². The predicted molar refractivity (Wildman–Crippen MR) is 163 cm³/mol. The van der Waals surface area contributed by atoms with Crippen molar-refractivity contribution in [1.82, 2.24) is 14.7 Å². The van der Waals surface area contributed by atoms with Gasteiger partial charge in [0.1, 0.15) is 5.00 Å². The van der Waals surface area contributed by atoms with E-state index in [4.69, 9.17) is 4.74 Å². The predicted octanol–water partition coefficient (Wildman–Crippen LogP) is 4.84. The van der Waals surface area contributed by atoms with Gasteiger partial charge in [-0.1, -0.05) is 18.2 Å². The first-order valence-electron chi connectivity index (χ1n) is 13.6. The molecule has 0 saturated heterocycles. The van der Waals surface area contributed by atoms with Gasteiger partial charge in [0.2, 0.25) is 0 Å². The number of hydrogen-bond donors (Lipinski definition) is 1. The second kappa shape index (κ2) is 12.0. The number of nitrogens with one attached hydrogen (secondary N) is 1. The average Bonchev–Trinajstić information content (AvgIpc) is 3.54. The van der Waals surface area contributed by atoms with Crippen LogP contribution in [0.5, 0.6) is 0 Å². The molecule has 11 nitrogen and oxygen atoms in total. The van der Waals surface area contributed by atoms with E-state index in [1.54, 1.807) is 62.1 Å². The first-order chi connectivity index (χ1) is 20.5. The number of para-hydroxylation sites is 1. The summed E-state index contributed by atoms with van der Waals surface area (Å²) in [6.45, 7) is 6.16. The minimum atomic E-state index is -3.86. The smallest absolute Gasteiger partial charge is 0.410 e. The Morgan fingerprint density at radius 3 is 2.40 bits per heavy atom. The van der Waals surface area contributed by atoms with Crippen molar-refractivity contribution in [3.63, 3.8) is 0 Å². The molecule has 0 radical (unpaired) electrons. The fraction of sp³-hybridized carbons (Fsp3) is 0.267. The number of sulfonamides is 1. The van der Waals surface area contributed by atoms with Gasteiger partial charge < -0.3 is 15.0 Å². The summed E-state index contributed by atoms with van der Waals surface area (Å²) in [5.41, 5.74) is 3.14. The number of ether oxygens (including phenoxy) is 1. The molecule has 0 aliphatic carbocycles. The third-order valence-electron chi connectivity index (χ3n) is 7.12. The normalized spacial score (nSPS) is 12.9. The minimum Gasteiger partial charge on any atom is -0.450 e. The molecular formula is C30H31N5O6S2. The second-order valence-electron chi connectivity index (χ2n) is 10.0. The number of amides is 2. The molecule has 13 heteroatoms. The van der Waals surface area contributed by atoms with Crippen molar-refractivity contribution < 1.29 is 27.5 Å². The first-order valence-corrected chi connectivity index (χ1v) is 15.9. The van der Waals surface area contributed by atoms with E-state index in [0.717, 1.165) is 10.4 Å². The number of aromatic nitrogens is 2. The fourth-order valence-corrected chi connectivity index (χ4v) is 7.36. The van der Waals surface area contributed by atoms with Gasteiger partial charge >= 0.3 is 6.09 Å². The summed E-state index contributed by atoms with van der Waals surface area (Å²) in [4.78, 5) is 41.9. The van der Waals surface area contributed by atoms with Gasteiger partial charge in [-0.05, 0) is 75.2 Å². The SMILES string of the molecule is CCOC(=O)N1CCc2c(sc(NC(=O)c3ccc(S(=O)(=O)N(C)c4ccccc4)cc3)c2C(=O)n2nc(C)cc2C)C1. The number of nitrogens with zero attached hydrogens (tertiary/aromatic N) is 4. The third-order valence-corrected chi connectivity index (χ3v) is 10.1. The molecule has 1 N–H and O–H groups in total. The van der Waals surface area contributed by atoms with E-state index in [2.05, 4.69) is 10.4 Å². The first kappa shape index (κ1) is 30.0. The highest BCUT2D eigenvalue weighted by Gasteiger charge is 2.32. The summed E-state index contributed by atoms with van der Waals surface area (Å²) in [5, 5.41) is 7.54. The Hall–Kier alpha value is -4.49. The number of rotatable bonds is 7. The number of fused-ring (bicyclic) bond motifs is 1. The number of carbonyl (C=O) groups excluding carboxylic acids is 3. The van der Waals surface area contributed by atoms with Crippen molar-refractivity contribution in [3.8, 4) is 0 Å². The summed E-state index contributed by atoms with van der Waals surface area (Å²) in [7, 11) is -2.39. The van der Waals surface area contributed by atoms with Crippen molar-refractivity contribution in [2.75, 3.05) is 29.8 Å². The lowest BCUT2D eigenvalue weighted by molar-refractivity contribution is 0.0941. The maximum absolute atomic E-state index is 13.8. The molecule has 0 fully saturated rings. The van der Waals surface area contributed by atoms with E-state index in [-0.39, 0.29) is 29.5 Å². The number of aryl methyl sites for hydroxylation is 2. The van der Waals surface area contributed by atoms with Gasteiger partial charge in [-0.15, -0.1) is 11.3 Å². The highest BCUT2D eigenvalue weighted by atomic mass is 32.2. The monoisotopic (exact) mass is 621 g/mol. The Bertz CT molecular complexity index is 1800. The second-order valence-corrected chi connectivity index (χ2v) is 13.1. The van der Waals surface area contributed by atoms with Crippen LogP contribution in [-0.2, 0) is 27.7 Å². The molecule has 2 amide bonds. The number of benzene rings is 2. The Morgan fingerprint density at radius 1 is 1.07 bits per heavy atom. The lowest BCUT2D eigenvalue weighted by Crippen LogP contribution is -2.36. The molecule has 1 aliphatic heterocycles. The Balaban J connectivity index is 1.44. The number of thiophene rings is 1. The molecule has 2 aromatic heterocycles. The van der Waals surface area contributed by atoms with Gasteiger partial charge in [-0.2, -0.15) is 5.10 Å². The van der Waals surface area contributed by atoms with Gasteiger partial charge in [0.15, 0.2) is 0 Å². The van der Waals surface area contributed by atoms with Crippen LogP contribution in [0.4, 0.5) is 15.5 Å². The van der Waals surface area contributed by atoms with Gasteiger partial charge in [-0.25, -0.2) is 17.9 Å². The molecule has 3 heterocycles. The Kier molecular flexibility index (Phi) is 8.38. The van der Waals surface area contributed by atoms with E-state index < -0.39 is 22.0 Å². The zero-order valence-electron chi connectivity index (χ0n) is 24.2. The van der Waals surface area contributed by atoms with E-state index >= 15 is 0 Å². The van der Waals surface area contributed by atoms with Crippen LogP contribution < -0.4 is 9.62 Å². The van der Waals surface area contributed by atoms with Gasteiger partial charge in [-0.3, -0.25) is 13.9 Å². The average molecular weight is 622 g/mol. The molecule has 224 valence electrons. The molecule has 0 atom stereocenters.